The lowest BCUT2D eigenvalue weighted by atomic mass is 9.65. The highest BCUT2D eigenvalue weighted by atomic mass is 16.6. The second-order valence-corrected chi connectivity index (χ2v) is 9.95. The van der Waals surface area contributed by atoms with E-state index >= 15 is 0 Å². The summed E-state index contributed by atoms with van der Waals surface area (Å²) in [4.78, 5) is 24.0. The van der Waals surface area contributed by atoms with Crippen molar-refractivity contribution in [2.45, 2.75) is 72.3 Å². The number of ether oxygens (including phenoxy) is 2. The number of hydrogen-bond acceptors (Lipinski definition) is 4. The lowest BCUT2D eigenvalue weighted by Crippen LogP contribution is -2.45. The molecule has 1 spiro atoms. The number of carbonyl (C=O) groups excluding carboxylic acids is 2. The standard InChI is InChI=1S/C21H32O4/c1-13(2)7-21(25-17(22)11-24-18(23)14(3)4)15-8-19(5,6)12-20(9-15)10-16(20)21/h13,15-16H,3,7-12H2,1-2,4-6H3. The molecule has 0 radical (unpaired) electrons. The molecule has 0 saturated heterocycles. The van der Waals surface area contributed by atoms with Gasteiger partial charge in [-0.15, -0.1) is 0 Å². The van der Waals surface area contributed by atoms with Crippen LogP contribution in [0.15, 0.2) is 12.2 Å². The molecule has 0 aromatic heterocycles. The molecule has 25 heavy (non-hydrogen) atoms. The van der Waals surface area contributed by atoms with Crippen molar-refractivity contribution in [2.24, 2.45) is 28.6 Å². The fourth-order valence-electron chi connectivity index (χ4n) is 6.05. The zero-order valence-electron chi connectivity index (χ0n) is 16.3. The van der Waals surface area contributed by atoms with Gasteiger partial charge in [0.15, 0.2) is 6.61 Å². The molecule has 4 atom stereocenters. The van der Waals surface area contributed by atoms with Crippen molar-refractivity contribution in [2.75, 3.05) is 6.61 Å². The van der Waals surface area contributed by atoms with E-state index in [4.69, 9.17) is 9.47 Å². The van der Waals surface area contributed by atoms with E-state index < -0.39 is 11.9 Å². The summed E-state index contributed by atoms with van der Waals surface area (Å²) in [7, 11) is 0. The molecular weight excluding hydrogens is 316 g/mol. The van der Waals surface area contributed by atoms with E-state index in [9.17, 15) is 9.59 Å². The Bertz CT molecular complexity index is 605. The van der Waals surface area contributed by atoms with E-state index in [0.717, 1.165) is 12.8 Å². The summed E-state index contributed by atoms with van der Waals surface area (Å²) >= 11 is 0. The molecule has 140 valence electrons. The van der Waals surface area contributed by atoms with Crippen molar-refractivity contribution < 1.29 is 19.1 Å². The number of carbonyl (C=O) groups is 2. The lowest BCUT2D eigenvalue weighted by Gasteiger charge is -2.43. The lowest BCUT2D eigenvalue weighted by molar-refractivity contribution is -0.178. The molecular formula is C21H32O4. The van der Waals surface area contributed by atoms with Gasteiger partial charge in [-0.05, 0) is 55.8 Å². The Morgan fingerprint density at radius 2 is 1.88 bits per heavy atom. The number of rotatable bonds is 6. The Hall–Kier alpha value is -1.32. The van der Waals surface area contributed by atoms with Gasteiger partial charge in [-0.2, -0.15) is 0 Å². The van der Waals surface area contributed by atoms with E-state index in [1.165, 1.54) is 19.3 Å². The Morgan fingerprint density at radius 1 is 1.20 bits per heavy atom. The fraction of sp³-hybridized carbons (Fsp3) is 0.810. The monoisotopic (exact) mass is 348 g/mol. The normalized spacial score (nSPS) is 37.4. The molecule has 2 bridgehead atoms. The minimum Gasteiger partial charge on any atom is -0.456 e. The van der Waals surface area contributed by atoms with Crippen LogP contribution in [0.1, 0.15) is 66.7 Å². The van der Waals surface area contributed by atoms with Crippen molar-refractivity contribution in [3.63, 3.8) is 0 Å². The molecule has 4 unspecified atom stereocenters. The van der Waals surface area contributed by atoms with Crippen LogP contribution in [0.3, 0.4) is 0 Å². The summed E-state index contributed by atoms with van der Waals surface area (Å²) in [5.74, 6) is 0.422. The van der Waals surface area contributed by atoms with E-state index in [0.29, 0.717) is 34.2 Å². The third-order valence-corrected chi connectivity index (χ3v) is 6.45. The van der Waals surface area contributed by atoms with Gasteiger partial charge >= 0.3 is 11.9 Å². The van der Waals surface area contributed by atoms with Gasteiger partial charge < -0.3 is 9.47 Å². The summed E-state index contributed by atoms with van der Waals surface area (Å²) in [6, 6.07) is 0. The Balaban J connectivity index is 1.76. The molecule has 3 fully saturated rings. The number of esters is 2. The van der Waals surface area contributed by atoms with Gasteiger partial charge in [0.05, 0.1) is 0 Å². The number of hydrogen-bond donors (Lipinski definition) is 0. The molecule has 0 N–H and O–H groups in total. The molecule has 3 rings (SSSR count). The molecule has 3 aliphatic rings. The van der Waals surface area contributed by atoms with Gasteiger partial charge in [0, 0.05) is 17.4 Å². The SMILES string of the molecule is C=C(C)C(=O)OCC(=O)OC1(CC(C)C)C2CC(C)(C)CC3(C2)CC31. The molecule has 0 heterocycles. The predicted octanol–water partition coefficient (Wildman–Crippen LogP) is 4.28. The molecule has 0 aliphatic heterocycles. The highest BCUT2D eigenvalue weighted by Crippen LogP contribution is 2.79. The van der Waals surface area contributed by atoms with Crippen LogP contribution < -0.4 is 0 Å². The first-order valence-electron chi connectivity index (χ1n) is 9.54. The van der Waals surface area contributed by atoms with E-state index in [1.54, 1.807) is 6.92 Å². The highest BCUT2D eigenvalue weighted by molar-refractivity contribution is 5.88. The Labute approximate surface area is 151 Å². The summed E-state index contributed by atoms with van der Waals surface area (Å²) in [6.07, 6.45) is 5.62. The second kappa shape index (κ2) is 5.85. The van der Waals surface area contributed by atoms with Crippen LogP contribution in [0.4, 0.5) is 0 Å². The molecule has 0 aromatic carbocycles. The van der Waals surface area contributed by atoms with Crippen molar-refractivity contribution in [3.05, 3.63) is 12.2 Å². The average molecular weight is 348 g/mol. The maximum atomic E-state index is 12.5. The van der Waals surface area contributed by atoms with Crippen molar-refractivity contribution in [1.82, 2.24) is 0 Å². The van der Waals surface area contributed by atoms with Crippen molar-refractivity contribution >= 4 is 11.9 Å². The minimum absolute atomic E-state index is 0.296. The minimum atomic E-state index is -0.538. The van der Waals surface area contributed by atoms with E-state index in [1.807, 2.05) is 0 Å². The average Bonchev–Trinajstić information content (AvgIpc) is 3.09. The maximum absolute atomic E-state index is 12.5. The molecule has 3 aliphatic carbocycles. The van der Waals surface area contributed by atoms with Gasteiger partial charge in [0.2, 0.25) is 0 Å². The van der Waals surface area contributed by atoms with Crippen LogP contribution in [0, 0.1) is 28.6 Å². The largest absolute Gasteiger partial charge is 0.456 e. The van der Waals surface area contributed by atoms with Gasteiger partial charge in [-0.3, -0.25) is 0 Å². The van der Waals surface area contributed by atoms with Crippen LogP contribution in [0.2, 0.25) is 0 Å². The fourth-order valence-corrected chi connectivity index (χ4v) is 6.05. The summed E-state index contributed by atoms with van der Waals surface area (Å²) in [6.45, 7) is 13.9. The van der Waals surface area contributed by atoms with Crippen LogP contribution >= 0.6 is 0 Å². The molecule has 0 aromatic rings. The summed E-state index contributed by atoms with van der Waals surface area (Å²) < 4.78 is 11.2. The summed E-state index contributed by atoms with van der Waals surface area (Å²) in [5.41, 5.74) is 0.629. The third kappa shape index (κ3) is 3.24. The third-order valence-electron chi connectivity index (χ3n) is 6.45. The topological polar surface area (TPSA) is 52.6 Å². The van der Waals surface area contributed by atoms with Crippen LogP contribution in [0.5, 0.6) is 0 Å². The van der Waals surface area contributed by atoms with Crippen LogP contribution in [0.25, 0.3) is 0 Å². The van der Waals surface area contributed by atoms with Gasteiger partial charge in [-0.1, -0.05) is 34.3 Å². The second-order valence-electron chi connectivity index (χ2n) is 9.95. The predicted molar refractivity (Wildman–Crippen MR) is 95.7 cm³/mol. The highest BCUT2D eigenvalue weighted by Gasteiger charge is 2.76. The van der Waals surface area contributed by atoms with E-state index in [-0.39, 0.29) is 12.2 Å². The van der Waals surface area contributed by atoms with Crippen LogP contribution in [-0.4, -0.2) is 24.1 Å². The smallest absolute Gasteiger partial charge is 0.344 e. The van der Waals surface area contributed by atoms with Crippen molar-refractivity contribution in [3.8, 4) is 0 Å². The molecule has 4 nitrogen and oxygen atoms in total. The van der Waals surface area contributed by atoms with E-state index in [2.05, 4.69) is 34.3 Å². The van der Waals surface area contributed by atoms with Gasteiger partial charge in [0.1, 0.15) is 5.60 Å². The summed E-state index contributed by atoms with van der Waals surface area (Å²) in [5, 5.41) is 0. The first-order chi connectivity index (χ1) is 11.5. The van der Waals surface area contributed by atoms with Crippen molar-refractivity contribution in [1.29, 1.82) is 0 Å². The Morgan fingerprint density at radius 3 is 2.48 bits per heavy atom. The van der Waals surface area contributed by atoms with Gasteiger partial charge in [-0.25, -0.2) is 9.59 Å². The van der Waals surface area contributed by atoms with Gasteiger partial charge in [0.25, 0.3) is 0 Å². The molecule has 0 amide bonds. The quantitative estimate of drug-likeness (QED) is 0.531. The zero-order chi connectivity index (χ0) is 18.6. The molecule has 3 saturated carbocycles. The Kier molecular flexibility index (Phi) is 4.32. The number of fused-ring (bicyclic) bond motifs is 1. The first kappa shape index (κ1) is 18.5. The zero-order valence-corrected chi connectivity index (χ0v) is 16.3. The molecule has 4 heteroatoms. The maximum Gasteiger partial charge on any atom is 0.344 e. The first-order valence-corrected chi connectivity index (χ1v) is 9.54. The van der Waals surface area contributed by atoms with Crippen LogP contribution in [-0.2, 0) is 19.1 Å².